The standard InChI is InChI=1S/C14H19N5O2/c1-18-11-10(12(20)19(2)14(18)21)16-13(17-11)15-9-6-7-3-4-8(9)5-7/h7-9H,3-6H2,1-2H3,(H2,15,16,17). The lowest BCUT2D eigenvalue weighted by molar-refractivity contribution is 0.438. The Bertz CT molecular complexity index is 830. The quantitative estimate of drug-likeness (QED) is 0.846. The van der Waals surface area contributed by atoms with Gasteiger partial charge in [-0.05, 0) is 31.1 Å². The van der Waals surface area contributed by atoms with Crippen LogP contribution in [0, 0.1) is 11.8 Å². The van der Waals surface area contributed by atoms with Gasteiger partial charge >= 0.3 is 5.69 Å². The number of nitrogens with one attached hydrogen (secondary N) is 2. The molecule has 2 bridgehead atoms. The van der Waals surface area contributed by atoms with Crippen molar-refractivity contribution in [1.29, 1.82) is 0 Å². The lowest BCUT2D eigenvalue weighted by Crippen LogP contribution is -2.36. The van der Waals surface area contributed by atoms with E-state index < -0.39 is 0 Å². The number of rotatable bonds is 2. The highest BCUT2D eigenvalue weighted by Gasteiger charge is 2.39. The van der Waals surface area contributed by atoms with Crippen molar-refractivity contribution >= 4 is 17.1 Å². The maximum Gasteiger partial charge on any atom is 0.332 e. The number of hydrogen-bond donors (Lipinski definition) is 2. The number of nitrogens with zero attached hydrogens (tertiary/aromatic N) is 3. The molecule has 21 heavy (non-hydrogen) atoms. The maximum atomic E-state index is 12.1. The number of fused-ring (bicyclic) bond motifs is 3. The Kier molecular flexibility index (Phi) is 2.55. The first kappa shape index (κ1) is 12.7. The molecule has 2 aliphatic carbocycles. The molecule has 2 aromatic rings. The molecule has 2 aromatic heterocycles. The van der Waals surface area contributed by atoms with Crippen LogP contribution < -0.4 is 16.6 Å². The second-order valence-corrected chi connectivity index (χ2v) is 6.42. The van der Waals surface area contributed by atoms with E-state index in [1.807, 2.05) is 0 Å². The minimum absolute atomic E-state index is 0.332. The fraction of sp³-hybridized carbons (Fsp3) is 0.643. The third-order valence-electron chi connectivity index (χ3n) is 5.15. The molecule has 2 aliphatic rings. The molecule has 0 saturated heterocycles. The SMILES string of the molecule is Cn1c(=O)c2[nH]c(NC3CC4CCC3C4)nc2n(C)c1=O. The van der Waals surface area contributed by atoms with E-state index in [0.29, 0.717) is 23.2 Å². The lowest BCUT2D eigenvalue weighted by atomic mass is 9.95. The summed E-state index contributed by atoms with van der Waals surface area (Å²) in [5, 5.41) is 3.42. The van der Waals surface area contributed by atoms with Gasteiger partial charge in [-0.2, -0.15) is 4.98 Å². The van der Waals surface area contributed by atoms with E-state index >= 15 is 0 Å². The van der Waals surface area contributed by atoms with Crippen molar-refractivity contribution in [2.75, 3.05) is 5.32 Å². The summed E-state index contributed by atoms with van der Waals surface area (Å²) < 4.78 is 2.50. The monoisotopic (exact) mass is 289 g/mol. The van der Waals surface area contributed by atoms with E-state index in [0.717, 1.165) is 16.4 Å². The van der Waals surface area contributed by atoms with E-state index in [1.54, 1.807) is 7.05 Å². The van der Waals surface area contributed by atoms with E-state index in [9.17, 15) is 9.59 Å². The Labute approximate surface area is 121 Å². The van der Waals surface area contributed by atoms with Crippen molar-refractivity contribution < 1.29 is 0 Å². The van der Waals surface area contributed by atoms with Gasteiger partial charge in [0, 0.05) is 20.1 Å². The minimum Gasteiger partial charge on any atom is -0.353 e. The number of aromatic nitrogens is 4. The zero-order valence-corrected chi connectivity index (χ0v) is 12.2. The van der Waals surface area contributed by atoms with E-state index in [2.05, 4.69) is 15.3 Å². The maximum absolute atomic E-state index is 12.1. The van der Waals surface area contributed by atoms with Crippen molar-refractivity contribution in [3.05, 3.63) is 20.8 Å². The lowest BCUT2D eigenvalue weighted by Gasteiger charge is -2.22. The van der Waals surface area contributed by atoms with Gasteiger partial charge in [0.05, 0.1) is 0 Å². The predicted molar refractivity (Wildman–Crippen MR) is 79.4 cm³/mol. The summed E-state index contributed by atoms with van der Waals surface area (Å²) in [6.45, 7) is 0. The highest BCUT2D eigenvalue weighted by molar-refractivity contribution is 5.72. The van der Waals surface area contributed by atoms with Gasteiger partial charge < -0.3 is 10.3 Å². The van der Waals surface area contributed by atoms with Gasteiger partial charge in [0.15, 0.2) is 11.2 Å². The van der Waals surface area contributed by atoms with Crippen LogP contribution >= 0.6 is 0 Å². The number of imidazole rings is 1. The van der Waals surface area contributed by atoms with Crippen LogP contribution in [0.15, 0.2) is 9.59 Å². The Balaban J connectivity index is 1.74. The van der Waals surface area contributed by atoms with Crippen LogP contribution in [-0.4, -0.2) is 25.1 Å². The van der Waals surface area contributed by atoms with Crippen LogP contribution in [0.1, 0.15) is 25.7 Å². The molecule has 7 nitrogen and oxygen atoms in total. The molecular formula is C14H19N5O2. The molecule has 0 radical (unpaired) electrons. The van der Waals surface area contributed by atoms with Crippen LogP contribution in [0.25, 0.3) is 11.2 Å². The third kappa shape index (κ3) is 1.76. The molecule has 2 N–H and O–H groups in total. The van der Waals surface area contributed by atoms with Crippen LogP contribution in [0.4, 0.5) is 5.95 Å². The average molecular weight is 289 g/mol. The fourth-order valence-electron chi connectivity index (χ4n) is 3.99. The second-order valence-electron chi connectivity index (χ2n) is 6.42. The van der Waals surface area contributed by atoms with Crippen molar-refractivity contribution in [1.82, 2.24) is 19.1 Å². The number of hydrogen-bond acceptors (Lipinski definition) is 4. The number of aromatic amines is 1. The van der Waals surface area contributed by atoms with Gasteiger partial charge in [0.25, 0.3) is 5.56 Å². The molecule has 0 spiro atoms. The normalized spacial score (nSPS) is 27.6. The summed E-state index contributed by atoms with van der Waals surface area (Å²) in [7, 11) is 3.11. The van der Waals surface area contributed by atoms with Crippen molar-refractivity contribution in [2.24, 2.45) is 25.9 Å². The van der Waals surface area contributed by atoms with Gasteiger partial charge in [0.2, 0.25) is 5.95 Å². The number of aryl methyl sites for hydroxylation is 1. The first-order valence-electron chi connectivity index (χ1n) is 7.47. The molecule has 112 valence electrons. The summed E-state index contributed by atoms with van der Waals surface area (Å²) in [6.07, 6.45) is 5.11. The number of anilines is 1. The van der Waals surface area contributed by atoms with Crippen LogP contribution in [0.2, 0.25) is 0 Å². The molecule has 2 saturated carbocycles. The molecule has 3 atom stereocenters. The summed E-state index contributed by atoms with van der Waals surface area (Å²) in [5.74, 6) is 2.16. The van der Waals surface area contributed by atoms with Gasteiger partial charge in [-0.1, -0.05) is 6.42 Å². The second kappa shape index (κ2) is 4.22. The van der Waals surface area contributed by atoms with Crippen molar-refractivity contribution in [3.63, 3.8) is 0 Å². The number of H-pyrrole nitrogens is 1. The fourth-order valence-corrected chi connectivity index (χ4v) is 3.99. The van der Waals surface area contributed by atoms with Gasteiger partial charge in [-0.3, -0.25) is 13.9 Å². The molecule has 3 unspecified atom stereocenters. The molecule has 7 heteroatoms. The topological polar surface area (TPSA) is 84.7 Å². The summed E-state index contributed by atoms with van der Waals surface area (Å²) in [6, 6.07) is 0.435. The first-order chi connectivity index (χ1) is 10.0. The van der Waals surface area contributed by atoms with Gasteiger partial charge in [0.1, 0.15) is 0 Å². The van der Waals surface area contributed by atoms with Crippen molar-refractivity contribution in [3.8, 4) is 0 Å². The smallest absolute Gasteiger partial charge is 0.332 e. The zero-order chi connectivity index (χ0) is 14.7. The Morgan fingerprint density at radius 2 is 2.00 bits per heavy atom. The van der Waals surface area contributed by atoms with Gasteiger partial charge in [-0.25, -0.2) is 4.79 Å². The molecule has 2 heterocycles. The van der Waals surface area contributed by atoms with Crippen LogP contribution in [-0.2, 0) is 14.1 Å². The Morgan fingerprint density at radius 1 is 1.19 bits per heavy atom. The van der Waals surface area contributed by atoms with Gasteiger partial charge in [-0.15, -0.1) is 0 Å². The van der Waals surface area contributed by atoms with Crippen molar-refractivity contribution in [2.45, 2.75) is 31.7 Å². The summed E-state index contributed by atoms with van der Waals surface area (Å²) in [5.41, 5.74) is 0.103. The van der Waals surface area contributed by atoms with Crippen LogP contribution in [0.5, 0.6) is 0 Å². The minimum atomic E-state index is -0.356. The Morgan fingerprint density at radius 3 is 2.67 bits per heavy atom. The third-order valence-corrected chi connectivity index (χ3v) is 5.15. The highest BCUT2D eigenvalue weighted by Crippen LogP contribution is 2.45. The zero-order valence-electron chi connectivity index (χ0n) is 12.2. The molecular weight excluding hydrogens is 270 g/mol. The predicted octanol–water partition coefficient (Wildman–Crippen LogP) is 0.561. The summed E-state index contributed by atoms with van der Waals surface area (Å²) >= 11 is 0. The first-order valence-corrected chi connectivity index (χ1v) is 7.47. The highest BCUT2D eigenvalue weighted by atomic mass is 16.2. The molecule has 4 rings (SSSR count). The van der Waals surface area contributed by atoms with E-state index in [1.165, 1.54) is 37.3 Å². The molecule has 0 aromatic carbocycles. The molecule has 2 fully saturated rings. The molecule has 0 aliphatic heterocycles. The average Bonchev–Trinajstić information content (AvgIpc) is 3.17. The molecule has 0 amide bonds. The van der Waals surface area contributed by atoms with E-state index in [4.69, 9.17) is 0 Å². The van der Waals surface area contributed by atoms with E-state index in [-0.39, 0.29) is 11.2 Å². The summed E-state index contributed by atoms with van der Waals surface area (Å²) in [4.78, 5) is 31.5. The Hall–Kier alpha value is -2.05. The van der Waals surface area contributed by atoms with Crippen LogP contribution in [0.3, 0.4) is 0 Å². The largest absolute Gasteiger partial charge is 0.353 e.